The van der Waals surface area contributed by atoms with Crippen LogP contribution >= 0.6 is 0 Å². The lowest BCUT2D eigenvalue weighted by Gasteiger charge is -2.21. The maximum absolute atomic E-state index is 5.78. The molecule has 0 saturated carbocycles. The third-order valence-electron chi connectivity index (χ3n) is 3.27. The molecule has 19 heavy (non-hydrogen) atoms. The normalized spacial score (nSPS) is 13.0. The van der Waals surface area contributed by atoms with Gasteiger partial charge in [0.15, 0.2) is 5.82 Å². The summed E-state index contributed by atoms with van der Waals surface area (Å²) < 4.78 is 5.78. The molecule has 0 aromatic carbocycles. The van der Waals surface area contributed by atoms with Gasteiger partial charge in [0.05, 0.1) is 0 Å². The van der Waals surface area contributed by atoms with Crippen molar-refractivity contribution >= 4 is 0 Å². The number of aromatic nitrogens is 2. The summed E-state index contributed by atoms with van der Waals surface area (Å²) in [6.45, 7) is 12.1. The van der Waals surface area contributed by atoms with Gasteiger partial charge in [-0.15, -0.1) is 0 Å². The van der Waals surface area contributed by atoms with Crippen LogP contribution in [0.25, 0.3) is 0 Å². The van der Waals surface area contributed by atoms with Crippen LogP contribution in [0.2, 0.25) is 0 Å². The highest BCUT2D eigenvalue weighted by molar-refractivity contribution is 5.25. The Balaban J connectivity index is 3.04. The topological polar surface area (TPSA) is 47.0 Å². The van der Waals surface area contributed by atoms with Crippen molar-refractivity contribution in [2.75, 3.05) is 20.2 Å². The third-order valence-corrected chi connectivity index (χ3v) is 3.27. The van der Waals surface area contributed by atoms with Crippen LogP contribution in [-0.4, -0.2) is 30.2 Å². The SMILES string of the molecule is CCOC(c1nc(C)c(CCNC)c(C)n1)C(C)C. The summed E-state index contributed by atoms with van der Waals surface area (Å²) in [5.41, 5.74) is 3.39. The number of hydrogen-bond donors (Lipinski definition) is 1. The molecule has 108 valence electrons. The lowest BCUT2D eigenvalue weighted by Crippen LogP contribution is -2.18. The molecule has 4 heteroatoms. The number of nitrogens with one attached hydrogen (secondary N) is 1. The second-order valence-electron chi connectivity index (χ2n) is 5.20. The van der Waals surface area contributed by atoms with Crippen LogP contribution in [0.3, 0.4) is 0 Å². The van der Waals surface area contributed by atoms with Crippen molar-refractivity contribution in [3.05, 3.63) is 22.8 Å². The Bertz CT molecular complexity index is 381. The molecule has 1 N–H and O–H groups in total. The molecule has 1 unspecified atom stereocenters. The molecule has 0 radical (unpaired) electrons. The first-order valence-electron chi connectivity index (χ1n) is 7.11. The first-order chi connectivity index (χ1) is 9.01. The fourth-order valence-electron chi connectivity index (χ4n) is 2.25. The first kappa shape index (κ1) is 16.1. The third kappa shape index (κ3) is 4.25. The molecule has 0 aliphatic carbocycles. The number of ether oxygens (including phenoxy) is 1. The molecule has 0 aliphatic heterocycles. The van der Waals surface area contributed by atoms with Gasteiger partial charge >= 0.3 is 0 Å². The standard InChI is InChI=1S/C15H27N3O/c1-7-19-14(10(2)3)15-17-11(4)13(8-9-16-6)12(5)18-15/h10,14,16H,7-9H2,1-6H3. The Kier molecular flexibility index (Phi) is 6.38. The Labute approximate surface area is 117 Å². The van der Waals surface area contributed by atoms with Crippen molar-refractivity contribution < 1.29 is 4.74 Å². The average Bonchev–Trinajstić information content (AvgIpc) is 2.34. The van der Waals surface area contributed by atoms with Gasteiger partial charge in [-0.2, -0.15) is 0 Å². The molecule has 0 amide bonds. The highest BCUT2D eigenvalue weighted by Crippen LogP contribution is 2.24. The van der Waals surface area contributed by atoms with Gasteiger partial charge in [0.25, 0.3) is 0 Å². The van der Waals surface area contributed by atoms with Crippen molar-refractivity contribution in [2.45, 2.75) is 47.1 Å². The van der Waals surface area contributed by atoms with Gasteiger partial charge in [0.1, 0.15) is 6.10 Å². The molecule has 1 aromatic rings. The summed E-state index contributed by atoms with van der Waals surface area (Å²) in [5, 5.41) is 3.17. The number of hydrogen-bond acceptors (Lipinski definition) is 4. The number of likely N-dealkylation sites (N-methyl/N-ethyl adjacent to an activating group) is 1. The van der Waals surface area contributed by atoms with Crippen molar-refractivity contribution in [3.63, 3.8) is 0 Å². The first-order valence-corrected chi connectivity index (χ1v) is 7.11. The van der Waals surface area contributed by atoms with Crippen molar-refractivity contribution in [1.29, 1.82) is 0 Å². The van der Waals surface area contributed by atoms with Crippen LogP contribution in [0.4, 0.5) is 0 Å². The van der Waals surface area contributed by atoms with Crippen molar-refractivity contribution in [1.82, 2.24) is 15.3 Å². The Hall–Kier alpha value is -1.00. The molecule has 0 saturated heterocycles. The van der Waals surface area contributed by atoms with E-state index < -0.39 is 0 Å². The molecular weight excluding hydrogens is 238 g/mol. The maximum atomic E-state index is 5.78. The lowest BCUT2D eigenvalue weighted by molar-refractivity contribution is 0.0229. The number of nitrogens with zero attached hydrogens (tertiary/aromatic N) is 2. The fraction of sp³-hybridized carbons (Fsp3) is 0.733. The molecule has 1 aromatic heterocycles. The van der Waals surface area contributed by atoms with E-state index in [1.54, 1.807) is 0 Å². The number of aryl methyl sites for hydroxylation is 2. The van der Waals surface area contributed by atoms with E-state index in [0.717, 1.165) is 30.2 Å². The molecule has 0 aliphatic rings. The van der Waals surface area contributed by atoms with Gasteiger partial charge in [0.2, 0.25) is 0 Å². The van der Waals surface area contributed by atoms with E-state index in [2.05, 4.69) is 43.0 Å². The van der Waals surface area contributed by atoms with Crippen LogP contribution in [0.15, 0.2) is 0 Å². The van der Waals surface area contributed by atoms with Crippen molar-refractivity contribution in [2.24, 2.45) is 5.92 Å². The van der Waals surface area contributed by atoms with Crippen LogP contribution in [0, 0.1) is 19.8 Å². The average molecular weight is 265 g/mol. The second kappa shape index (κ2) is 7.56. The zero-order valence-electron chi connectivity index (χ0n) is 13.1. The Morgan fingerprint density at radius 3 is 2.16 bits per heavy atom. The Morgan fingerprint density at radius 1 is 1.16 bits per heavy atom. The summed E-state index contributed by atoms with van der Waals surface area (Å²) in [6, 6.07) is 0. The van der Waals surface area contributed by atoms with Gasteiger partial charge in [-0.25, -0.2) is 9.97 Å². The highest BCUT2D eigenvalue weighted by atomic mass is 16.5. The van der Waals surface area contributed by atoms with Gasteiger partial charge in [-0.1, -0.05) is 13.8 Å². The lowest BCUT2D eigenvalue weighted by atomic mass is 10.0. The van der Waals surface area contributed by atoms with E-state index >= 15 is 0 Å². The minimum Gasteiger partial charge on any atom is -0.370 e. The monoisotopic (exact) mass is 265 g/mol. The minimum absolute atomic E-state index is 0.0132. The van der Waals surface area contributed by atoms with E-state index in [9.17, 15) is 0 Å². The molecule has 4 nitrogen and oxygen atoms in total. The van der Waals surface area contributed by atoms with Gasteiger partial charge < -0.3 is 10.1 Å². The van der Waals surface area contributed by atoms with Crippen LogP contribution < -0.4 is 5.32 Å². The summed E-state index contributed by atoms with van der Waals surface area (Å²) in [4.78, 5) is 9.33. The summed E-state index contributed by atoms with van der Waals surface area (Å²) in [7, 11) is 1.96. The van der Waals surface area contributed by atoms with Crippen molar-refractivity contribution in [3.8, 4) is 0 Å². The van der Waals surface area contributed by atoms with Crippen LogP contribution in [-0.2, 0) is 11.2 Å². The summed E-state index contributed by atoms with van der Waals surface area (Å²) >= 11 is 0. The van der Waals surface area contributed by atoms with Gasteiger partial charge in [-0.3, -0.25) is 0 Å². The van der Waals surface area contributed by atoms with E-state index in [1.807, 2.05) is 14.0 Å². The highest BCUT2D eigenvalue weighted by Gasteiger charge is 2.20. The predicted octanol–water partition coefficient (Wildman–Crippen LogP) is 2.59. The zero-order valence-corrected chi connectivity index (χ0v) is 13.1. The molecule has 0 spiro atoms. The fourth-order valence-corrected chi connectivity index (χ4v) is 2.25. The van der Waals surface area contributed by atoms with E-state index in [1.165, 1.54) is 5.56 Å². The predicted molar refractivity (Wildman–Crippen MR) is 78.3 cm³/mol. The van der Waals surface area contributed by atoms with Crippen LogP contribution in [0.5, 0.6) is 0 Å². The van der Waals surface area contributed by atoms with E-state index in [4.69, 9.17) is 4.74 Å². The maximum Gasteiger partial charge on any atom is 0.157 e. The molecular formula is C15H27N3O. The van der Waals surface area contributed by atoms with E-state index in [0.29, 0.717) is 12.5 Å². The Morgan fingerprint density at radius 2 is 1.74 bits per heavy atom. The minimum atomic E-state index is -0.0132. The van der Waals surface area contributed by atoms with Gasteiger partial charge in [-0.05, 0) is 52.3 Å². The zero-order chi connectivity index (χ0) is 14.4. The van der Waals surface area contributed by atoms with Gasteiger partial charge in [0, 0.05) is 18.0 Å². The number of rotatable bonds is 7. The largest absolute Gasteiger partial charge is 0.370 e. The molecule has 1 rings (SSSR count). The van der Waals surface area contributed by atoms with Crippen LogP contribution in [0.1, 0.15) is 49.7 Å². The molecule has 1 heterocycles. The smallest absolute Gasteiger partial charge is 0.157 e. The molecule has 1 atom stereocenters. The molecule has 0 fully saturated rings. The second-order valence-corrected chi connectivity index (χ2v) is 5.20. The van der Waals surface area contributed by atoms with E-state index in [-0.39, 0.29) is 6.10 Å². The molecule has 0 bridgehead atoms. The quantitative estimate of drug-likeness (QED) is 0.823. The summed E-state index contributed by atoms with van der Waals surface area (Å²) in [5.74, 6) is 1.20. The summed E-state index contributed by atoms with van der Waals surface area (Å²) in [6.07, 6.45) is 0.954.